The fourth-order valence-corrected chi connectivity index (χ4v) is 1.08. The SMILES string of the molecule is O=[N+]([O-])c1ccc(C=Cc2ncccn2)o1. The lowest BCUT2D eigenvalue weighted by Gasteiger charge is -1.88. The highest BCUT2D eigenvalue weighted by atomic mass is 16.6. The van der Waals surface area contributed by atoms with Gasteiger partial charge in [-0.1, -0.05) is 0 Å². The maximum atomic E-state index is 10.4. The van der Waals surface area contributed by atoms with E-state index in [0.29, 0.717) is 11.6 Å². The van der Waals surface area contributed by atoms with Crippen LogP contribution in [0.4, 0.5) is 5.88 Å². The van der Waals surface area contributed by atoms with Gasteiger partial charge in [-0.25, -0.2) is 9.97 Å². The van der Waals surface area contributed by atoms with Crippen LogP contribution in [0.3, 0.4) is 0 Å². The van der Waals surface area contributed by atoms with Crippen molar-refractivity contribution in [3.63, 3.8) is 0 Å². The Hall–Kier alpha value is -2.50. The maximum Gasteiger partial charge on any atom is 0.433 e. The third kappa shape index (κ3) is 2.30. The van der Waals surface area contributed by atoms with Crippen LogP contribution in [0.1, 0.15) is 11.6 Å². The van der Waals surface area contributed by atoms with Crippen LogP contribution in [-0.4, -0.2) is 14.9 Å². The molecule has 0 unspecified atom stereocenters. The largest absolute Gasteiger partial charge is 0.433 e. The van der Waals surface area contributed by atoms with E-state index in [1.165, 1.54) is 12.1 Å². The van der Waals surface area contributed by atoms with Gasteiger partial charge in [-0.15, -0.1) is 0 Å². The third-order valence-corrected chi connectivity index (χ3v) is 1.77. The molecule has 0 saturated heterocycles. The zero-order valence-electron chi connectivity index (χ0n) is 8.11. The minimum Gasteiger partial charge on any atom is -0.401 e. The average Bonchev–Trinajstić information content (AvgIpc) is 2.76. The van der Waals surface area contributed by atoms with Crippen LogP contribution >= 0.6 is 0 Å². The average molecular weight is 217 g/mol. The lowest BCUT2D eigenvalue weighted by atomic mass is 10.4. The van der Waals surface area contributed by atoms with Crippen LogP contribution in [-0.2, 0) is 0 Å². The molecule has 2 aromatic heterocycles. The molecule has 0 fully saturated rings. The van der Waals surface area contributed by atoms with Crippen LogP contribution in [0.15, 0.2) is 35.0 Å². The van der Waals surface area contributed by atoms with Crippen molar-refractivity contribution < 1.29 is 9.34 Å². The molecule has 0 N–H and O–H groups in total. The van der Waals surface area contributed by atoms with E-state index in [1.807, 2.05) is 0 Å². The van der Waals surface area contributed by atoms with Crippen molar-refractivity contribution in [1.82, 2.24) is 9.97 Å². The Bertz CT molecular complexity index is 519. The number of hydrogen-bond donors (Lipinski definition) is 0. The molecule has 0 aliphatic rings. The van der Waals surface area contributed by atoms with Crippen LogP contribution in [0.25, 0.3) is 12.2 Å². The number of aromatic nitrogens is 2. The van der Waals surface area contributed by atoms with Gasteiger partial charge in [0.25, 0.3) is 0 Å². The minimum atomic E-state index is -0.587. The summed E-state index contributed by atoms with van der Waals surface area (Å²) in [5.41, 5.74) is 0. The first kappa shape index (κ1) is 10.0. The second-order valence-corrected chi connectivity index (χ2v) is 2.87. The van der Waals surface area contributed by atoms with Crippen LogP contribution < -0.4 is 0 Å². The topological polar surface area (TPSA) is 82.1 Å². The zero-order chi connectivity index (χ0) is 11.4. The first-order valence-corrected chi connectivity index (χ1v) is 4.45. The van der Waals surface area contributed by atoms with Crippen molar-refractivity contribution in [3.05, 3.63) is 52.3 Å². The molecular weight excluding hydrogens is 210 g/mol. The molecule has 16 heavy (non-hydrogen) atoms. The van der Waals surface area contributed by atoms with E-state index in [9.17, 15) is 10.1 Å². The number of nitro groups is 1. The standard InChI is InChI=1S/C10H7N3O3/c14-13(15)10-5-3-8(16-10)2-4-9-11-6-1-7-12-9/h1-7H. The van der Waals surface area contributed by atoms with E-state index in [-0.39, 0.29) is 5.88 Å². The molecule has 2 rings (SSSR count). The van der Waals surface area contributed by atoms with Crippen molar-refractivity contribution >= 4 is 18.0 Å². The zero-order valence-corrected chi connectivity index (χ0v) is 8.11. The summed E-state index contributed by atoms with van der Waals surface area (Å²) in [6.45, 7) is 0. The lowest BCUT2D eigenvalue weighted by molar-refractivity contribution is -0.402. The van der Waals surface area contributed by atoms with Crippen molar-refractivity contribution in [2.45, 2.75) is 0 Å². The molecular formula is C10H7N3O3. The van der Waals surface area contributed by atoms with E-state index in [0.717, 1.165) is 0 Å². The molecule has 0 radical (unpaired) electrons. The number of hydrogen-bond acceptors (Lipinski definition) is 5. The quantitative estimate of drug-likeness (QED) is 0.581. The first-order valence-electron chi connectivity index (χ1n) is 4.45. The van der Waals surface area contributed by atoms with Gasteiger partial charge >= 0.3 is 5.88 Å². The Morgan fingerprint density at radius 1 is 1.25 bits per heavy atom. The first-order chi connectivity index (χ1) is 7.75. The summed E-state index contributed by atoms with van der Waals surface area (Å²) < 4.78 is 4.93. The lowest BCUT2D eigenvalue weighted by Crippen LogP contribution is -1.83. The number of furan rings is 1. The fraction of sp³-hybridized carbons (Fsp3) is 0. The van der Waals surface area contributed by atoms with Crippen molar-refractivity contribution in [2.24, 2.45) is 0 Å². The summed E-state index contributed by atoms with van der Waals surface area (Å²) in [6, 6.07) is 4.51. The molecule has 80 valence electrons. The molecule has 0 bridgehead atoms. The second kappa shape index (κ2) is 4.35. The molecule has 0 spiro atoms. The molecule has 2 heterocycles. The molecule has 0 aliphatic carbocycles. The van der Waals surface area contributed by atoms with Gasteiger partial charge in [0.1, 0.15) is 10.7 Å². The maximum absolute atomic E-state index is 10.4. The Balaban J connectivity index is 2.15. The highest BCUT2D eigenvalue weighted by Gasteiger charge is 2.09. The molecule has 6 heteroatoms. The smallest absolute Gasteiger partial charge is 0.401 e. The van der Waals surface area contributed by atoms with Gasteiger partial charge in [0.15, 0.2) is 5.82 Å². The molecule has 6 nitrogen and oxygen atoms in total. The number of rotatable bonds is 3. The van der Waals surface area contributed by atoms with Crippen molar-refractivity contribution in [2.75, 3.05) is 0 Å². The van der Waals surface area contributed by atoms with Crippen LogP contribution in [0, 0.1) is 10.1 Å². The fourth-order valence-electron chi connectivity index (χ4n) is 1.08. The second-order valence-electron chi connectivity index (χ2n) is 2.87. The predicted molar refractivity (Wildman–Crippen MR) is 56.3 cm³/mol. The van der Waals surface area contributed by atoms with E-state index in [4.69, 9.17) is 4.42 Å². The van der Waals surface area contributed by atoms with Gasteiger partial charge in [0.2, 0.25) is 0 Å². The van der Waals surface area contributed by atoms with Crippen LogP contribution in [0.2, 0.25) is 0 Å². The summed E-state index contributed by atoms with van der Waals surface area (Å²) >= 11 is 0. The monoisotopic (exact) mass is 217 g/mol. The Morgan fingerprint density at radius 2 is 2.00 bits per heavy atom. The van der Waals surface area contributed by atoms with Gasteiger partial charge in [-0.05, 0) is 24.3 Å². The van der Waals surface area contributed by atoms with Gasteiger partial charge < -0.3 is 4.42 Å². The van der Waals surface area contributed by atoms with E-state index < -0.39 is 4.92 Å². The molecule has 0 amide bonds. The van der Waals surface area contributed by atoms with Crippen LogP contribution in [0.5, 0.6) is 0 Å². The summed E-state index contributed by atoms with van der Waals surface area (Å²) in [4.78, 5) is 17.7. The molecule has 0 saturated carbocycles. The van der Waals surface area contributed by atoms with E-state index >= 15 is 0 Å². The van der Waals surface area contributed by atoms with Gasteiger partial charge in [0, 0.05) is 12.4 Å². The summed E-state index contributed by atoms with van der Waals surface area (Å²) in [7, 11) is 0. The predicted octanol–water partition coefficient (Wildman–Crippen LogP) is 2.15. The summed E-state index contributed by atoms with van der Waals surface area (Å²) in [5, 5.41) is 10.4. The molecule has 2 aromatic rings. The third-order valence-electron chi connectivity index (χ3n) is 1.77. The van der Waals surface area contributed by atoms with Crippen molar-refractivity contribution in [3.8, 4) is 0 Å². The normalized spacial score (nSPS) is 10.8. The van der Waals surface area contributed by atoms with E-state index in [2.05, 4.69) is 9.97 Å². The molecule has 0 atom stereocenters. The van der Waals surface area contributed by atoms with E-state index in [1.54, 1.807) is 30.6 Å². The summed E-state index contributed by atoms with van der Waals surface area (Å²) in [6.07, 6.45) is 6.40. The van der Waals surface area contributed by atoms with Gasteiger partial charge in [0.05, 0.1) is 6.07 Å². The Kier molecular flexibility index (Phi) is 2.73. The molecule has 0 aromatic carbocycles. The van der Waals surface area contributed by atoms with Gasteiger partial charge in [-0.3, -0.25) is 10.1 Å². The van der Waals surface area contributed by atoms with Crippen molar-refractivity contribution in [1.29, 1.82) is 0 Å². The minimum absolute atomic E-state index is 0.284. The number of nitrogens with zero attached hydrogens (tertiary/aromatic N) is 3. The Labute approximate surface area is 90.4 Å². The molecule has 0 aliphatic heterocycles. The summed E-state index contributed by atoms with van der Waals surface area (Å²) in [5.74, 6) is 0.620. The van der Waals surface area contributed by atoms with Gasteiger partial charge in [-0.2, -0.15) is 0 Å². The highest BCUT2D eigenvalue weighted by Crippen LogP contribution is 2.17. The highest BCUT2D eigenvalue weighted by molar-refractivity contribution is 5.63. The Morgan fingerprint density at radius 3 is 2.62 bits per heavy atom.